The summed E-state index contributed by atoms with van der Waals surface area (Å²) in [6, 6.07) is 5.56. The number of carboxylic acids is 2. The fraction of sp³-hybridized carbons (Fsp3) is 0.542. The molecule has 0 bridgehead atoms. The monoisotopic (exact) mass is 557 g/mol. The number of rotatable bonds is 20. The molecule has 0 saturated carbocycles. The fourth-order valence-electron chi connectivity index (χ4n) is 2.85. The number of aliphatic hydroxyl groups excluding tert-OH is 1. The van der Waals surface area contributed by atoms with Gasteiger partial charge in [0.25, 0.3) is 0 Å². The van der Waals surface area contributed by atoms with Crippen LogP contribution in [0.4, 0.5) is 5.69 Å². The largest absolute Gasteiger partial charge is 0.491 e. The maximum absolute atomic E-state index is 12.3. The summed E-state index contributed by atoms with van der Waals surface area (Å²) in [6.45, 7) is 1.96. The molecule has 38 heavy (non-hydrogen) atoms. The summed E-state index contributed by atoms with van der Waals surface area (Å²) >= 11 is 1.22. The quantitative estimate of drug-likeness (QED) is 0.122. The number of aliphatic carboxylic acids is 2. The van der Waals surface area contributed by atoms with E-state index in [1.54, 1.807) is 24.3 Å². The van der Waals surface area contributed by atoms with E-state index in [0.717, 1.165) is 0 Å². The lowest BCUT2D eigenvalue weighted by Gasteiger charge is -2.17. The van der Waals surface area contributed by atoms with E-state index >= 15 is 0 Å². The minimum absolute atomic E-state index is 0.0705. The van der Waals surface area contributed by atoms with Crippen LogP contribution in [-0.4, -0.2) is 95.0 Å². The lowest BCUT2D eigenvalue weighted by Crippen LogP contribution is -2.49. The molecule has 1 aromatic rings. The zero-order valence-corrected chi connectivity index (χ0v) is 22.0. The van der Waals surface area contributed by atoms with E-state index < -0.39 is 42.4 Å². The van der Waals surface area contributed by atoms with Gasteiger partial charge in [0.15, 0.2) is 0 Å². The second kappa shape index (κ2) is 18.8. The molecular weight excluding hydrogens is 522 g/mol. The first-order valence-electron chi connectivity index (χ1n) is 12.0. The number of carbonyl (C=O) groups excluding carboxylic acids is 3. The van der Waals surface area contributed by atoms with Crippen molar-refractivity contribution < 1.29 is 48.8 Å². The number of thioether (sulfide) groups is 1. The SMILES string of the molecule is CCOCC(O)COc1ccc(NC(=O)CCSCC(NC(=O)CCCC(=O)O)C(=O)NCC(=O)O)cc1. The van der Waals surface area contributed by atoms with Crippen LogP contribution in [0.5, 0.6) is 5.75 Å². The number of benzene rings is 1. The Hall–Kier alpha value is -3.36. The number of ether oxygens (including phenoxy) is 2. The normalized spacial score (nSPS) is 12.2. The topological polar surface area (TPSA) is 201 Å². The molecule has 2 atom stereocenters. The minimum Gasteiger partial charge on any atom is -0.491 e. The Labute approximate surface area is 224 Å². The van der Waals surface area contributed by atoms with Crippen LogP contribution in [-0.2, 0) is 28.7 Å². The standard InChI is InChI=1S/C24H35N3O10S/c1-2-36-13-17(28)14-37-18-8-6-16(7-9-18)26-21(30)10-11-38-15-19(24(35)25-12-23(33)34)27-20(29)4-3-5-22(31)32/h6-9,17,19,28H,2-5,10-15H2,1H3,(H,25,35)(H,26,30)(H,27,29)(H,31,32)(H,33,34). The van der Waals surface area contributed by atoms with Crippen LogP contribution in [0.25, 0.3) is 0 Å². The molecule has 6 N–H and O–H groups in total. The predicted molar refractivity (Wildman–Crippen MR) is 139 cm³/mol. The average molecular weight is 558 g/mol. The van der Waals surface area contributed by atoms with E-state index in [-0.39, 0.29) is 50.6 Å². The molecule has 0 aliphatic carbocycles. The zero-order chi connectivity index (χ0) is 28.3. The van der Waals surface area contributed by atoms with Gasteiger partial charge < -0.3 is 40.7 Å². The highest BCUT2D eigenvalue weighted by atomic mass is 32.2. The summed E-state index contributed by atoms with van der Waals surface area (Å²) in [7, 11) is 0. The number of carbonyl (C=O) groups is 5. The highest BCUT2D eigenvalue weighted by Gasteiger charge is 2.21. The van der Waals surface area contributed by atoms with Gasteiger partial charge in [0.05, 0.1) is 6.61 Å². The Balaban J connectivity index is 2.45. The third-order valence-corrected chi connectivity index (χ3v) is 5.77. The summed E-state index contributed by atoms with van der Waals surface area (Å²) in [4.78, 5) is 57.9. The Morgan fingerprint density at radius 1 is 0.947 bits per heavy atom. The molecule has 0 aliphatic rings. The second-order valence-corrected chi connectivity index (χ2v) is 9.15. The van der Waals surface area contributed by atoms with E-state index in [1.165, 1.54) is 11.8 Å². The molecule has 0 heterocycles. The van der Waals surface area contributed by atoms with Crippen LogP contribution in [0.1, 0.15) is 32.6 Å². The van der Waals surface area contributed by atoms with E-state index in [1.807, 2.05) is 6.92 Å². The smallest absolute Gasteiger partial charge is 0.322 e. The molecule has 0 aliphatic heterocycles. The van der Waals surface area contributed by atoms with Crippen molar-refractivity contribution in [1.29, 1.82) is 0 Å². The van der Waals surface area contributed by atoms with Crippen LogP contribution in [0.15, 0.2) is 24.3 Å². The first-order valence-corrected chi connectivity index (χ1v) is 13.1. The lowest BCUT2D eigenvalue weighted by atomic mass is 10.2. The molecule has 0 aromatic heterocycles. The number of aliphatic hydroxyl groups is 1. The number of anilines is 1. The Morgan fingerprint density at radius 3 is 2.29 bits per heavy atom. The molecule has 0 radical (unpaired) electrons. The van der Waals surface area contributed by atoms with Gasteiger partial charge in [-0.1, -0.05) is 0 Å². The maximum atomic E-state index is 12.3. The maximum Gasteiger partial charge on any atom is 0.322 e. The van der Waals surface area contributed by atoms with Crippen LogP contribution >= 0.6 is 11.8 Å². The van der Waals surface area contributed by atoms with Gasteiger partial charge in [0.2, 0.25) is 17.7 Å². The molecule has 0 spiro atoms. The Morgan fingerprint density at radius 2 is 1.66 bits per heavy atom. The molecule has 1 rings (SSSR count). The van der Waals surface area contributed by atoms with Gasteiger partial charge in [-0.25, -0.2) is 0 Å². The zero-order valence-electron chi connectivity index (χ0n) is 21.1. The summed E-state index contributed by atoms with van der Waals surface area (Å²) in [5.74, 6) is -2.85. The highest BCUT2D eigenvalue weighted by Crippen LogP contribution is 2.16. The van der Waals surface area contributed by atoms with Crippen molar-refractivity contribution in [3.8, 4) is 5.75 Å². The summed E-state index contributed by atoms with van der Waals surface area (Å²) in [5, 5.41) is 34.6. The molecule has 3 amide bonds. The van der Waals surface area contributed by atoms with E-state index in [2.05, 4.69) is 16.0 Å². The predicted octanol–water partition coefficient (Wildman–Crippen LogP) is 0.465. The van der Waals surface area contributed by atoms with Gasteiger partial charge in [-0.15, -0.1) is 0 Å². The fourth-order valence-corrected chi connectivity index (χ4v) is 3.82. The Kier molecular flexibility index (Phi) is 16.2. The van der Waals surface area contributed by atoms with E-state index in [0.29, 0.717) is 23.8 Å². The number of hydrogen-bond donors (Lipinski definition) is 6. The summed E-state index contributed by atoms with van der Waals surface area (Å²) in [6.07, 6.45) is -0.830. The van der Waals surface area contributed by atoms with Gasteiger partial charge in [-0.05, 0) is 37.6 Å². The lowest BCUT2D eigenvalue weighted by molar-refractivity contribution is -0.138. The van der Waals surface area contributed by atoms with Gasteiger partial charge in [-0.3, -0.25) is 24.0 Å². The minimum atomic E-state index is -1.24. The molecule has 212 valence electrons. The van der Waals surface area contributed by atoms with Crippen molar-refractivity contribution in [2.75, 3.05) is 43.2 Å². The molecule has 0 fully saturated rings. The van der Waals surface area contributed by atoms with Gasteiger partial charge in [0, 0.05) is 43.1 Å². The van der Waals surface area contributed by atoms with Crippen LogP contribution in [0.3, 0.4) is 0 Å². The summed E-state index contributed by atoms with van der Waals surface area (Å²) < 4.78 is 10.6. The number of hydrogen-bond acceptors (Lipinski definition) is 9. The first-order chi connectivity index (χ1) is 18.1. The summed E-state index contributed by atoms with van der Waals surface area (Å²) in [5.41, 5.74) is 0.543. The van der Waals surface area contributed by atoms with Crippen molar-refractivity contribution in [2.24, 2.45) is 0 Å². The molecule has 14 heteroatoms. The molecule has 0 saturated heterocycles. The van der Waals surface area contributed by atoms with Gasteiger partial charge in [0.1, 0.15) is 31.0 Å². The van der Waals surface area contributed by atoms with Crippen LogP contribution in [0.2, 0.25) is 0 Å². The molecule has 2 unspecified atom stereocenters. The first kappa shape index (κ1) is 32.7. The Bertz CT molecular complexity index is 913. The molecule has 1 aromatic carbocycles. The average Bonchev–Trinajstić information content (AvgIpc) is 2.87. The number of amides is 3. The van der Waals surface area contributed by atoms with E-state index in [9.17, 15) is 29.1 Å². The van der Waals surface area contributed by atoms with Gasteiger partial charge in [-0.2, -0.15) is 11.8 Å². The van der Waals surface area contributed by atoms with Crippen molar-refractivity contribution >= 4 is 47.1 Å². The van der Waals surface area contributed by atoms with Crippen molar-refractivity contribution in [3.05, 3.63) is 24.3 Å². The molecular formula is C24H35N3O10S. The number of carboxylic acid groups (broad SMARTS) is 2. The highest BCUT2D eigenvalue weighted by molar-refractivity contribution is 7.99. The van der Waals surface area contributed by atoms with E-state index in [4.69, 9.17) is 19.7 Å². The third kappa shape index (κ3) is 15.7. The van der Waals surface area contributed by atoms with Crippen LogP contribution in [0, 0.1) is 0 Å². The van der Waals surface area contributed by atoms with Crippen LogP contribution < -0.4 is 20.7 Å². The van der Waals surface area contributed by atoms with Crippen molar-refractivity contribution in [1.82, 2.24) is 10.6 Å². The van der Waals surface area contributed by atoms with Gasteiger partial charge >= 0.3 is 11.9 Å². The second-order valence-electron chi connectivity index (χ2n) is 8.00. The third-order valence-electron chi connectivity index (χ3n) is 4.71. The molecule has 13 nitrogen and oxygen atoms in total. The number of nitrogens with one attached hydrogen (secondary N) is 3. The van der Waals surface area contributed by atoms with Crippen molar-refractivity contribution in [3.63, 3.8) is 0 Å². The van der Waals surface area contributed by atoms with Crippen molar-refractivity contribution in [2.45, 2.75) is 44.8 Å².